The molecule has 1 unspecified atom stereocenters. The summed E-state index contributed by atoms with van der Waals surface area (Å²) in [7, 11) is 0. The van der Waals surface area contributed by atoms with Gasteiger partial charge in [-0.3, -0.25) is 4.90 Å². The van der Waals surface area contributed by atoms with Crippen LogP contribution in [0.1, 0.15) is 30.9 Å². The summed E-state index contributed by atoms with van der Waals surface area (Å²) in [6.45, 7) is 6.48. The Morgan fingerprint density at radius 1 is 1.11 bits per heavy atom. The topological polar surface area (TPSA) is 59.9 Å². The van der Waals surface area contributed by atoms with E-state index in [1.807, 2.05) is 12.1 Å². The summed E-state index contributed by atoms with van der Waals surface area (Å²) in [4.78, 5) is 7.22. The molecule has 3 N–H and O–H groups in total. The number of hydrogen-bond donors (Lipinski definition) is 3. The molecule has 0 aliphatic carbocycles. The highest BCUT2D eigenvalue weighted by Crippen LogP contribution is 2.19. The Labute approximate surface area is 162 Å². The highest BCUT2D eigenvalue weighted by atomic mass is 16.3. The van der Waals surface area contributed by atoms with E-state index >= 15 is 0 Å². The first-order valence-electron chi connectivity index (χ1n) is 9.82. The minimum atomic E-state index is 0.281. The molecule has 3 rings (SSSR count). The Bertz CT molecular complexity index is 732. The van der Waals surface area contributed by atoms with Gasteiger partial charge >= 0.3 is 0 Å². The molecule has 1 aliphatic rings. The molecule has 144 valence electrons. The number of rotatable bonds is 7. The second-order valence-electron chi connectivity index (χ2n) is 7.00. The highest BCUT2D eigenvalue weighted by Gasteiger charge is 2.24. The number of nitrogens with zero attached hydrogens (tertiary/aromatic N) is 2. The van der Waals surface area contributed by atoms with Crippen LogP contribution in [0.4, 0.5) is 0 Å². The molecule has 0 bridgehead atoms. The fourth-order valence-electron chi connectivity index (χ4n) is 3.53. The van der Waals surface area contributed by atoms with Gasteiger partial charge in [-0.1, -0.05) is 42.5 Å². The molecule has 0 amide bonds. The maximum Gasteiger partial charge on any atom is 0.191 e. The molecule has 0 saturated carbocycles. The fraction of sp³-hybridized carbons (Fsp3) is 0.409. The van der Waals surface area contributed by atoms with E-state index in [0.29, 0.717) is 12.6 Å². The lowest BCUT2D eigenvalue weighted by atomic mass is 10.2. The van der Waals surface area contributed by atoms with Crippen LogP contribution in [0.2, 0.25) is 0 Å². The van der Waals surface area contributed by atoms with Crippen molar-refractivity contribution in [2.24, 2.45) is 4.99 Å². The van der Waals surface area contributed by atoms with E-state index in [0.717, 1.165) is 37.7 Å². The summed E-state index contributed by atoms with van der Waals surface area (Å²) in [6, 6.07) is 18.5. The quantitative estimate of drug-likeness (QED) is 0.521. The monoisotopic (exact) mass is 366 g/mol. The molecule has 0 aromatic heterocycles. The third-order valence-corrected chi connectivity index (χ3v) is 4.91. The first-order valence-corrected chi connectivity index (χ1v) is 9.82. The fourth-order valence-corrected chi connectivity index (χ4v) is 3.53. The summed E-state index contributed by atoms with van der Waals surface area (Å²) in [5, 5.41) is 16.4. The predicted molar refractivity (Wildman–Crippen MR) is 111 cm³/mol. The van der Waals surface area contributed by atoms with Crippen LogP contribution in [0, 0.1) is 0 Å². The number of benzene rings is 2. The van der Waals surface area contributed by atoms with E-state index in [2.05, 4.69) is 57.8 Å². The highest BCUT2D eigenvalue weighted by molar-refractivity contribution is 5.79. The van der Waals surface area contributed by atoms with Crippen molar-refractivity contribution in [3.8, 4) is 5.75 Å². The Balaban J connectivity index is 1.55. The molecule has 1 saturated heterocycles. The van der Waals surface area contributed by atoms with Gasteiger partial charge in [0.1, 0.15) is 5.75 Å². The molecule has 2 aromatic carbocycles. The number of aromatic hydroxyl groups is 1. The van der Waals surface area contributed by atoms with Crippen molar-refractivity contribution in [3.63, 3.8) is 0 Å². The van der Waals surface area contributed by atoms with E-state index < -0.39 is 0 Å². The smallest absolute Gasteiger partial charge is 0.191 e. The Morgan fingerprint density at radius 2 is 1.93 bits per heavy atom. The van der Waals surface area contributed by atoms with Crippen molar-refractivity contribution >= 4 is 5.96 Å². The van der Waals surface area contributed by atoms with Gasteiger partial charge in [0.05, 0.1) is 6.54 Å². The van der Waals surface area contributed by atoms with Crippen LogP contribution in [0.15, 0.2) is 59.6 Å². The number of phenolic OH excluding ortho intramolecular Hbond substituents is 1. The minimum Gasteiger partial charge on any atom is -0.508 e. The standard InChI is InChI=1S/C22H30N4O/c1-2-23-22(24-15-19-10-6-12-21(27)14-19)25-16-20-11-7-13-26(20)17-18-8-4-3-5-9-18/h3-6,8-10,12,14,20,27H,2,7,11,13,15-17H2,1H3,(H2,23,24,25). The largest absolute Gasteiger partial charge is 0.508 e. The summed E-state index contributed by atoms with van der Waals surface area (Å²) in [6.07, 6.45) is 2.46. The number of nitrogens with one attached hydrogen (secondary N) is 2. The molecule has 1 atom stereocenters. The lowest BCUT2D eigenvalue weighted by molar-refractivity contribution is 0.245. The summed E-state index contributed by atoms with van der Waals surface area (Å²) in [5.41, 5.74) is 2.37. The van der Waals surface area contributed by atoms with Gasteiger partial charge in [-0.25, -0.2) is 4.99 Å². The third kappa shape index (κ3) is 6.00. The van der Waals surface area contributed by atoms with E-state index in [1.165, 1.54) is 18.4 Å². The summed E-state index contributed by atoms with van der Waals surface area (Å²) in [5.74, 6) is 1.11. The zero-order valence-electron chi connectivity index (χ0n) is 16.1. The lowest BCUT2D eigenvalue weighted by Gasteiger charge is -2.25. The van der Waals surface area contributed by atoms with Gasteiger partial charge in [0.15, 0.2) is 5.96 Å². The van der Waals surface area contributed by atoms with Gasteiger partial charge in [0, 0.05) is 25.7 Å². The molecule has 1 heterocycles. The molecular formula is C22H30N4O. The lowest BCUT2D eigenvalue weighted by Crippen LogP contribution is -2.44. The molecule has 1 fully saturated rings. The molecule has 2 aromatic rings. The second-order valence-corrected chi connectivity index (χ2v) is 7.00. The SMILES string of the molecule is CCNC(=NCc1cccc(O)c1)NCC1CCCN1Cc1ccccc1. The van der Waals surface area contributed by atoms with Crippen molar-refractivity contribution in [1.29, 1.82) is 0 Å². The predicted octanol–water partition coefficient (Wildman–Crippen LogP) is 3.11. The van der Waals surface area contributed by atoms with Crippen LogP contribution in [0.5, 0.6) is 5.75 Å². The molecule has 5 heteroatoms. The minimum absolute atomic E-state index is 0.281. The first kappa shape index (κ1) is 19.2. The van der Waals surface area contributed by atoms with Gasteiger partial charge < -0.3 is 15.7 Å². The Hall–Kier alpha value is -2.53. The van der Waals surface area contributed by atoms with Crippen molar-refractivity contribution < 1.29 is 5.11 Å². The van der Waals surface area contributed by atoms with Crippen LogP contribution >= 0.6 is 0 Å². The molecule has 0 spiro atoms. The molecular weight excluding hydrogens is 336 g/mol. The average molecular weight is 367 g/mol. The number of phenols is 1. The van der Waals surface area contributed by atoms with Crippen molar-refractivity contribution in [2.75, 3.05) is 19.6 Å². The maximum atomic E-state index is 9.59. The second kappa shape index (κ2) is 9.97. The zero-order chi connectivity index (χ0) is 18.9. The van der Waals surface area contributed by atoms with Gasteiger partial charge in [-0.2, -0.15) is 0 Å². The molecule has 0 radical (unpaired) electrons. The maximum absolute atomic E-state index is 9.59. The van der Waals surface area contributed by atoms with E-state index in [1.54, 1.807) is 12.1 Å². The van der Waals surface area contributed by atoms with Crippen LogP contribution in [0.3, 0.4) is 0 Å². The molecule has 27 heavy (non-hydrogen) atoms. The molecule has 1 aliphatic heterocycles. The van der Waals surface area contributed by atoms with Gasteiger partial charge in [0.2, 0.25) is 0 Å². The first-order chi connectivity index (χ1) is 13.2. The van der Waals surface area contributed by atoms with Crippen molar-refractivity contribution in [3.05, 3.63) is 65.7 Å². The summed E-state index contributed by atoms with van der Waals surface area (Å²) >= 11 is 0. The van der Waals surface area contributed by atoms with Crippen molar-refractivity contribution in [1.82, 2.24) is 15.5 Å². The van der Waals surface area contributed by atoms with Gasteiger partial charge in [-0.15, -0.1) is 0 Å². The van der Waals surface area contributed by atoms with E-state index in [9.17, 15) is 5.11 Å². The normalized spacial score (nSPS) is 17.8. The van der Waals surface area contributed by atoms with Gasteiger partial charge in [0.25, 0.3) is 0 Å². The summed E-state index contributed by atoms with van der Waals surface area (Å²) < 4.78 is 0. The Morgan fingerprint density at radius 3 is 2.70 bits per heavy atom. The van der Waals surface area contributed by atoms with Crippen LogP contribution < -0.4 is 10.6 Å². The van der Waals surface area contributed by atoms with E-state index in [4.69, 9.17) is 0 Å². The van der Waals surface area contributed by atoms with Crippen LogP contribution in [-0.2, 0) is 13.1 Å². The third-order valence-electron chi connectivity index (χ3n) is 4.91. The number of guanidine groups is 1. The van der Waals surface area contributed by atoms with Crippen molar-refractivity contribution in [2.45, 2.75) is 38.9 Å². The van der Waals surface area contributed by atoms with E-state index in [-0.39, 0.29) is 5.75 Å². The number of aliphatic imine (C=N–C) groups is 1. The zero-order valence-corrected chi connectivity index (χ0v) is 16.1. The van der Waals surface area contributed by atoms with Crippen LogP contribution in [-0.4, -0.2) is 41.6 Å². The average Bonchev–Trinajstić information content (AvgIpc) is 3.12. The van der Waals surface area contributed by atoms with Gasteiger partial charge in [-0.05, 0) is 49.6 Å². The number of hydrogen-bond acceptors (Lipinski definition) is 3. The number of likely N-dealkylation sites (tertiary alicyclic amines) is 1. The molecule has 5 nitrogen and oxygen atoms in total. The Kier molecular flexibility index (Phi) is 7.11. The van der Waals surface area contributed by atoms with Crippen LogP contribution in [0.25, 0.3) is 0 Å².